The Balaban J connectivity index is 2.70. The van der Waals surface area contributed by atoms with Crippen LogP contribution in [0.25, 0.3) is 0 Å². The predicted octanol–water partition coefficient (Wildman–Crippen LogP) is 1.87. The van der Waals surface area contributed by atoms with E-state index in [1.54, 1.807) is 7.11 Å². The first kappa shape index (κ1) is 14.5. The molecule has 0 fully saturated rings. The van der Waals surface area contributed by atoms with Crippen LogP contribution in [0.1, 0.15) is 32.4 Å². The number of hydrogen-bond acceptors (Lipinski definition) is 3. The van der Waals surface area contributed by atoms with Crippen LogP contribution in [-0.4, -0.2) is 25.6 Å². The second-order valence-corrected chi connectivity index (χ2v) is 4.25. The average Bonchev–Trinajstić information content (AvgIpc) is 2.38. The maximum absolute atomic E-state index is 11.7. The molecule has 1 unspecified atom stereocenters. The number of ether oxygens (including phenoxy) is 1. The van der Waals surface area contributed by atoms with Gasteiger partial charge in [-0.2, -0.15) is 0 Å². The summed E-state index contributed by atoms with van der Waals surface area (Å²) >= 11 is 0. The van der Waals surface area contributed by atoms with Crippen LogP contribution in [0.2, 0.25) is 0 Å². The molecule has 0 bridgehead atoms. The van der Waals surface area contributed by atoms with Gasteiger partial charge in [0, 0.05) is 18.2 Å². The molecule has 100 valence electrons. The monoisotopic (exact) mass is 250 g/mol. The van der Waals surface area contributed by atoms with Crippen molar-refractivity contribution in [1.29, 1.82) is 0 Å². The second-order valence-electron chi connectivity index (χ2n) is 4.25. The van der Waals surface area contributed by atoms with Crippen LogP contribution < -0.4 is 15.4 Å². The number of para-hydroxylation sites is 1. The third kappa shape index (κ3) is 3.74. The number of benzene rings is 1. The highest BCUT2D eigenvalue weighted by molar-refractivity contribution is 5.81. The molecule has 0 saturated carbocycles. The summed E-state index contributed by atoms with van der Waals surface area (Å²) in [5, 5.41) is 6.06. The van der Waals surface area contributed by atoms with Gasteiger partial charge in [0.15, 0.2) is 0 Å². The Morgan fingerprint density at radius 1 is 1.33 bits per heavy atom. The lowest BCUT2D eigenvalue weighted by Gasteiger charge is -2.21. The van der Waals surface area contributed by atoms with E-state index in [2.05, 4.69) is 10.6 Å². The molecule has 2 atom stereocenters. The number of amides is 1. The van der Waals surface area contributed by atoms with Gasteiger partial charge in [0.1, 0.15) is 5.75 Å². The molecule has 0 aliphatic rings. The van der Waals surface area contributed by atoms with Crippen molar-refractivity contribution in [3.63, 3.8) is 0 Å². The Morgan fingerprint density at radius 3 is 2.61 bits per heavy atom. The van der Waals surface area contributed by atoms with E-state index in [1.807, 2.05) is 45.0 Å². The Morgan fingerprint density at radius 2 is 2.00 bits per heavy atom. The largest absolute Gasteiger partial charge is 0.496 e. The summed E-state index contributed by atoms with van der Waals surface area (Å²) in [6, 6.07) is 7.64. The van der Waals surface area contributed by atoms with Crippen molar-refractivity contribution < 1.29 is 9.53 Å². The first-order chi connectivity index (χ1) is 8.60. The summed E-state index contributed by atoms with van der Waals surface area (Å²) in [7, 11) is 1.65. The molecule has 0 heterocycles. The van der Waals surface area contributed by atoms with Crippen molar-refractivity contribution in [1.82, 2.24) is 10.6 Å². The van der Waals surface area contributed by atoms with Gasteiger partial charge in [-0.25, -0.2) is 0 Å². The van der Waals surface area contributed by atoms with Crippen molar-refractivity contribution in [2.45, 2.75) is 32.9 Å². The molecule has 18 heavy (non-hydrogen) atoms. The zero-order chi connectivity index (χ0) is 13.5. The summed E-state index contributed by atoms with van der Waals surface area (Å²) in [6.07, 6.45) is 0. The van der Waals surface area contributed by atoms with Gasteiger partial charge in [0.25, 0.3) is 0 Å². The van der Waals surface area contributed by atoms with E-state index in [0.29, 0.717) is 6.54 Å². The van der Waals surface area contributed by atoms with E-state index in [4.69, 9.17) is 4.74 Å². The second kappa shape index (κ2) is 7.01. The van der Waals surface area contributed by atoms with Gasteiger partial charge >= 0.3 is 0 Å². The number of methoxy groups -OCH3 is 1. The number of rotatable bonds is 6. The van der Waals surface area contributed by atoms with Gasteiger partial charge < -0.3 is 10.1 Å². The topological polar surface area (TPSA) is 50.4 Å². The highest BCUT2D eigenvalue weighted by atomic mass is 16.5. The van der Waals surface area contributed by atoms with Crippen LogP contribution in [0.15, 0.2) is 24.3 Å². The van der Waals surface area contributed by atoms with Crippen LogP contribution in [-0.2, 0) is 4.79 Å². The fourth-order valence-electron chi connectivity index (χ4n) is 1.89. The highest BCUT2D eigenvalue weighted by Crippen LogP contribution is 2.24. The fourth-order valence-corrected chi connectivity index (χ4v) is 1.89. The van der Waals surface area contributed by atoms with Crippen LogP contribution in [0, 0.1) is 0 Å². The summed E-state index contributed by atoms with van der Waals surface area (Å²) in [5.74, 6) is 0.847. The molecule has 0 aliphatic carbocycles. The third-order valence-corrected chi connectivity index (χ3v) is 2.85. The van der Waals surface area contributed by atoms with Crippen LogP contribution in [0.4, 0.5) is 0 Å². The van der Waals surface area contributed by atoms with Crippen molar-refractivity contribution in [2.24, 2.45) is 0 Å². The highest BCUT2D eigenvalue weighted by Gasteiger charge is 2.17. The molecule has 2 N–H and O–H groups in total. The van der Waals surface area contributed by atoms with Crippen molar-refractivity contribution >= 4 is 5.91 Å². The normalized spacial score (nSPS) is 13.8. The summed E-state index contributed by atoms with van der Waals surface area (Å²) in [5.41, 5.74) is 1.05. The van der Waals surface area contributed by atoms with Gasteiger partial charge in [-0.1, -0.05) is 18.2 Å². The minimum Gasteiger partial charge on any atom is -0.496 e. The molecule has 1 amide bonds. The standard InChI is InChI=1S/C14H22N2O2/c1-5-15-14(17)11(3)16-10(2)12-8-6-7-9-13(12)18-4/h6-11,16H,5H2,1-4H3,(H,15,17)/t10-,11?/m0/s1. The molecule has 0 aliphatic heterocycles. The van der Waals surface area contributed by atoms with Crippen molar-refractivity contribution in [2.75, 3.05) is 13.7 Å². The van der Waals surface area contributed by atoms with Crippen LogP contribution in [0.5, 0.6) is 5.75 Å². The fraction of sp³-hybridized carbons (Fsp3) is 0.500. The van der Waals surface area contributed by atoms with E-state index in [9.17, 15) is 4.79 Å². The Labute approximate surface area is 109 Å². The molecular formula is C14H22N2O2. The molecule has 4 heteroatoms. The van der Waals surface area contributed by atoms with E-state index in [0.717, 1.165) is 11.3 Å². The SMILES string of the molecule is CCNC(=O)C(C)N[C@@H](C)c1ccccc1OC. The van der Waals surface area contributed by atoms with Gasteiger partial charge in [0.2, 0.25) is 5.91 Å². The number of carbonyl (C=O) groups excluding carboxylic acids is 1. The van der Waals surface area contributed by atoms with E-state index in [1.165, 1.54) is 0 Å². The lowest BCUT2D eigenvalue weighted by Crippen LogP contribution is -2.43. The average molecular weight is 250 g/mol. The predicted molar refractivity (Wildman–Crippen MR) is 72.7 cm³/mol. The number of carbonyl (C=O) groups is 1. The summed E-state index contributed by atoms with van der Waals surface area (Å²) in [6.45, 7) is 6.44. The Bertz CT molecular complexity index is 393. The van der Waals surface area contributed by atoms with E-state index < -0.39 is 0 Å². The lowest BCUT2D eigenvalue weighted by atomic mass is 10.1. The molecule has 1 aromatic rings. The lowest BCUT2D eigenvalue weighted by molar-refractivity contribution is -0.122. The van der Waals surface area contributed by atoms with Gasteiger partial charge in [-0.3, -0.25) is 10.1 Å². The van der Waals surface area contributed by atoms with Crippen molar-refractivity contribution in [3.8, 4) is 5.75 Å². The first-order valence-corrected chi connectivity index (χ1v) is 6.26. The first-order valence-electron chi connectivity index (χ1n) is 6.26. The zero-order valence-corrected chi connectivity index (χ0v) is 11.5. The van der Waals surface area contributed by atoms with Gasteiger partial charge in [-0.05, 0) is 26.8 Å². The third-order valence-electron chi connectivity index (χ3n) is 2.85. The minimum atomic E-state index is -0.232. The maximum Gasteiger partial charge on any atom is 0.236 e. The Kier molecular flexibility index (Phi) is 5.65. The molecule has 1 aromatic carbocycles. The molecule has 0 aromatic heterocycles. The molecular weight excluding hydrogens is 228 g/mol. The van der Waals surface area contributed by atoms with E-state index in [-0.39, 0.29) is 18.0 Å². The quantitative estimate of drug-likeness (QED) is 0.810. The van der Waals surface area contributed by atoms with Crippen LogP contribution in [0.3, 0.4) is 0 Å². The number of hydrogen-bond donors (Lipinski definition) is 2. The molecule has 4 nitrogen and oxygen atoms in total. The molecule has 0 saturated heterocycles. The van der Waals surface area contributed by atoms with E-state index >= 15 is 0 Å². The molecule has 0 radical (unpaired) electrons. The number of nitrogens with one attached hydrogen (secondary N) is 2. The number of likely N-dealkylation sites (N-methyl/N-ethyl adjacent to an activating group) is 1. The van der Waals surface area contributed by atoms with Crippen molar-refractivity contribution in [3.05, 3.63) is 29.8 Å². The minimum absolute atomic E-state index is 0.0132. The zero-order valence-electron chi connectivity index (χ0n) is 11.5. The van der Waals surface area contributed by atoms with Gasteiger partial charge in [0.05, 0.1) is 13.2 Å². The summed E-state index contributed by atoms with van der Waals surface area (Å²) < 4.78 is 5.32. The molecule has 0 spiro atoms. The smallest absolute Gasteiger partial charge is 0.236 e. The maximum atomic E-state index is 11.7. The molecule has 1 rings (SSSR count). The van der Waals surface area contributed by atoms with Gasteiger partial charge in [-0.15, -0.1) is 0 Å². The summed E-state index contributed by atoms with van der Waals surface area (Å²) in [4.78, 5) is 11.7. The Hall–Kier alpha value is -1.55. The van der Waals surface area contributed by atoms with Crippen LogP contribution >= 0.6 is 0 Å².